The van der Waals surface area contributed by atoms with E-state index in [0.29, 0.717) is 10.1 Å². The Morgan fingerprint density at radius 3 is 1.87 bits per heavy atom. The molecule has 4 atom stereocenters. The molecule has 0 N–H and O–H groups in total. The third kappa shape index (κ3) is 4.29. The number of rotatable bonds is 5. The van der Waals surface area contributed by atoms with Gasteiger partial charge < -0.3 is 0 Å². The van der Waals surface area contributed by atoms with Crippen LogP contribution in [-0.2, 0) is 22.9 Å². The molecular weight excluding hydrogens is 353 g/mol. The van der Waals surface area contributed by atoms with E-state index in [1.54, 1.807) is 22.3 Å². The number of hydrogen-bond acceptors (Lipinski definition) is 0. The molecular formula is C19H34P3S+. The molecule has 1 aromatic rings. The molecule has 2 rings (SSSR count). The molecule has 0 bridgehead atoms. The molecule has 0 saturated heterocycles. The molecule has 1 aliphatic carbocycles. The van der Waals surface area contributed by atoms with E-state index in [4.69, 9.17) is 0 Å². The van der Waals surface area contributed by atoms with E-state index in [-0.39, 0.29) is 6.07 Å². The van der Waals surface area contributed by atoms with Crippen molar-refractivity contribution in [3.63, 3.8) is 0 Å². The van der Waals surface area contributed by atoms with Gasteiger partial charge >= 0.3 is 0 Å². The highest BCUT2D eigenvalue weighted by Crippen LogP contribution is 2.46. The molecule has 0 saturated carbocycles. The molecule has 4 heteroatoms. The summed E-state index contributed by atoms with van der Waals surface area (Å²) >= 11 is 0. The Bertz CT molecular complexity index is 593. The minimum Gasteiger partial charge on any atom is -0.0654 e. The maximum absolute atomic E-state index is 3.05. The lowest BCUT2D eigenvalue weighted by molar-refractivity contribution is 0.354. The van der Waals surface area contributed by atoms with Crippen LogP contribution >= 0.6 is 23.9 Å². The fourth-order valence-electron chi connectivity index (χ4n) is 4.17. The molecule has 0 radical (unpaired) electrons. The molecule has 0 heterocycles. The summed E-state index contributed by atoms with van der Waals surface area (Å²) in [6, 6.07) is 0. The average molecular weight is 387 g/mol. The average Bonchev–Trinajstić information content (AvgIpc) is 2.95. The molecule has 130 valence electrons. The maximum atomic E-state index is 3.05. The van der Waals surface area contributed by atoms with E-state index in [9.17, 15) is 0 Å². The van der Waals surface area contributed by atoms with Gasteiger partial charge in [-0.2, -0.15) is 0 Å². The van der Waals surface area contributed by atoms with Crippen LogP contribution in [0.5, 0.6) is 0 Å². The van der Waals surface area contributed by atoms with E-state index in [1.807, 2.05) is 0 Å². The van der Waals surface area contributed by atoms with E-state index in [1.165, 1.54) is 42.6 Å². The van der Waals surface area contributed by atoms with Crippen LogP contribution in [0.3, 0.4) is 0 Å². The van der Waals surface area contributed by atoms with Crippen molar-refractivity contribution in [2.45, 2.75) is 60.3 Å². The van der Waals surface area contributed by atoms with Crippen molar-refractivity contribution in [2.24, 2.45) is 11.8 Å². The van der Waals surface area contributed by atoms with Gasteiger partial charge in [0.05, 0.1) is 17.9 Å². The quantitative estimate of drug-likeness (QED) is 0.522. The van der Waals surface area contributed by atoms with Crippen LogP contribution in [-0.4, -0.2) is 12.0 Å². The molecule has 0 aliphatic heterocycles. The van der Waals surface area contributed by atoms with Gasteiger partial charge in [0.15, 0.2) is 0 Å². The van der Waals surface area contributed by atoms with Gasteiger partial charge in [0.2, 0.25) is 0 Å². The summed E-state index contributed by atoms with van der Waals surface area (Å²) in [6.07, 6.45) is 7.93. The Kier molecular flexibility index (Phi) is 7.33. The summed E-state index contributed by atoms with van der Waals surface area (Å²) in [5.41, 5.74) is 9.62. The molecule has 4 unspecified atom stereocenters. The third-order valence-electron chi connectivity index (χ3n) is 6.03. The van der Waals surface area contributed by atoms with Crippen LogP contribution in [0, 0.1) is 39.5 Å². The smallest absolute Gasteiger partial charge is 0.0654 e. The topological polar surface area (TPSA) is 0 Å². The van der Waals surface area contributed by atoms with Gasteiger partial charge in [-0.15, -0.1) is 0 Å². The first-order valence-electron chi connectivity index (χ1n) is 8.78. The monoisotopic (exact) mass is 387 g/mol. The first-order chi connectivity index (χ1) is 10.8. The highest BCUT2D eigenvalue weighted by molar-refractivity contribution is 8.63. The number of hydrogen-bond donors (Lipinski definition) is 0. The first-order valence-corrected chi connectivity index (χ1v) is 15.8. The first kappa shape index (κ1) is 20.0. The summed E-state index contributed by atoms with van der Waals surface area (Å²) in [5, 5.41) is 0. The largest absolute Gasteiger partial charge is 0.145 e. The highest BCUT2D eigenvalue weighted by Gasteiger charge is 2.32. The van der Waals surface area contributed by atoms with Crippen LogP contribution in [0.2, 0.25) is 0 Å². The number of benzene rings is 1. The zero-order valence-electron chi connectivity index (χ0n) is 15.7. The Hall–Kier alpha value is 0.730. The van der Waals surface area contributed by atoms with E-state index < -0.39 is 0 Å². The van der Waals surface area contributed by atoms with E-state index >= 15 is 0 Å². The second kappa shape index (κ2) is 8.41. The third-order valence-corrected chi connectivity index (χ3v) is 16.7. The Balaban J connectivity index is 2.31. The molecule has 0 amide bonds. The summed E-state index contributed by atoms with van der Waals surface area (Å²) in [7, 11) is 6.67. The second-order valence-electron chi connectivity index (χ2n) is 7.30. The van der Waals surface area contributed by atoms with Gasteiger partial charge in [0, 0.05) is 12.0 Å². The summed E-state index contributed by atoms with van der Waals surface area (Å²) in [5.74, 6) is 3.22. The van der Waals surface area contributed by atoms with Gasteiger partial charge in [-0.25, -0.2) is 0 Å². The number of fused-ring (bicyclic) bond motifs is 1. The zero-order valence-corrected chi connectivity index (χ0v) is 19.7. The maximum Gasteiger partial charge on any atom is 0.145 e. The van der Waals surface area contributed by atoms with Crippen molar-refractivity contribution in [2.75, 3.05) is 12.0 Å². The van der Waals surface area contributed by atoms with Crippen molar-refractivity contribution in [3.8, 4) is 0 Å². The molecule has 23 heavy (non-hydrogen) atoms. The van der Waals surface area contributed by atoms with Crippen molar-refractivity contribution in [1.82, 2.24) is 0 Å². The zero-order chi connectivity index (χ0) is 17.3. The Labute approximate surface area is 151 Å². The lowest BCUT2D eigenvalue weighted by Crippen LogP contribution is -2.21. The molecule has 1 aromatic carbocycles. The van der Waals surface area contributed by atoms with Crippen LogP contribution < -0.4 is 0 Å². The normalized spacial score (nSPS) is 17.2. The summed E-state index contributed by atoms with van der Waals surface area (Å²) in [4.78, 5) is 0. The summed E-state index contributed by atoms with van der Waals surface area (Å²) in [6.45, 7) is 11.7. The van der Waals surface area contributed by atoms with Gasteiger partial charge in [0.25, 0.3) is 0 Å². The predicted molar refractivity (Wildman–Crippen MR) is 119 cm³/mol. The van der Waals surface area contributed by atoms with Crippen LogP contribution in [0.15, 0.2) is 0 Å². The van der Waals surface area contributed by atoms with Crippen LogP contribution in [0.25, 0.3) is 0 Å². The molecule has 0 aromatic heterocycles. The summed E-state index contributed by atoms with van der Waals surface area (Å²) < 4.78 is 0. The van der Waals surface area contributed by atoms with Crippen LogP contribution in [0.4, 0.5) is 0 Å². The minimum absolute atomic E-state index is 0.0605. The Morgan fingerprint density at radius 1 is 1.00 bits per heavy atom. The molecule has 0 nitrogen and oxygen atoms in total. The molecule has 1 aliphatic rings. The fraction of sp³-hybridized carbons (Fsp3) is 0.684. The van der Waals surface area contributed by atoms with Crippen molar-refractivity contribution in [3.05, 3.63) is 33.4 Å². The van der Waals surface area contributed by atoms with Gasteiger partial charge in [0.1, 0.15) is 6.07 Å². The van der Waals surface area contributed by atoms with Gasteiger partial charge in [-0.05, 0) is 102 Å². The van der Waals surface area contributed by atoms with Crippen molar-refractivity contribution in [1.29, 1.82) is 0 Å². The SMILES string of the molecule is CCCC(CS(C)=[P+](P)P)C1Cc2c(C)c(C)c(C)c(C)c2C1. The standard InChI is InChI=1S/C19H34P3S/c1-7-8-16(11-23(6)22(20)21)17-9-18-14(4)12(2)13(3)15(5)19(18)10-17/h16-17H,7-11,20-21H2,1-6H3/q+1. The Morgan fingerprint density at radius 2 is 1.48 bits per heavy atom. The van der Waals surface area contributed by atoms with Gasteiger partial charge in [-0.3, -0.25) is 0 Å². The van der Waals surface area contributed by atoms with Crippen LogP contribution in [0.1, 0.15) is 53.1 Å². The van der Waals surface area contributed by atoms with Crippen molar-refractivity contribution >= 4 is 34.0 Å². The lowest BCUT2D eigenvalue weighted by atomic mass is 9.87. The van der Waals surface area contributed by atoms with E-state index in [0.717, 1.165) is 11.8 Å². The minimum atomic E-state index is 0.0605. The predicted octanol–water partition coefficient (Wildman–Crippen LogP) is 6.28. The molecule has 0 fully saturated rings. The van der Waals surface area contributed by atoms with E-state index in [2.05, 4.69) is 58.7 Å². The fourth-order valence-corrected chi connectivity index (χ4v) is 8.04. The second-order valence-corrected chi connectivity index (χ2v) is 20.1. The van der Waals surface area contributed by atoms with Crippen molar-refractivity contribution < 1.29 is 0 Å². The molecule has 0 spiro atoms. The lowest BCUT2D eigenvalue weighted by Gasteiger charge is -2.22. The van der Waals surface area contributed by atoms with Gasteiger partial charge in [-0.1, -0.05) is 13.3 Å². The highest BCUT2D eigenvalue weighted by atomic mass is 32.8.